The molecule has 0 bridgehead atoms. The molecule has 166 valence electrons. The van der Waals surface area contributed by atoms with E-state index in [-0.39, 0.29) is 45.2 Å². The minimum atomic E-state index is -1.31. The van der Waals surface area contributed by atoms with Gasteiger partial charge in [-0.25, -0.2) is 14.2 Å². The molecule has 1 unspecified atom stereocenters. The molecular weight excluding hydrogens is 433 g/mol. The molecule has 0 aliphatic rings. The molecule has 0 fully saturated rings. The lowest BCUT2D eigenvalue weighted by molar-refractivity contribution is -0.129. The van der Waals surface area contributed by atoms with Crippen molar-refractivity contribution in [2.45, 2.75) is 19.9 Å². The number of carboxylic acids is 1. The van der Waals surface area contributed by atoms with Crippen LogP contribution < -0.4 is 10.5 Å². The van der Waals surface area contributed by atoms with E-state index in [0.29, 0.717) is 5.56 Å². The highest BCUT2D eigenvalue weighted by atomic mass is 35.5. The van der Waals surface area contributed by atoms with E-state index >= 15 is 0 Å². The van der Waals surface area contributed by atoms with Crippen molar-refractivity contribution in [3.05, 3.63) is 88.3 Å². The van der Waals surface area contributed by atoms with E-state index < -0.39 is 11.8 Å². The number of nitrogen functional groups attached to an aromatic ring is 1. The Morgan fingerprint density at radius 3 is 2.53 bits per heavy atom. The highest BCUT2D eigenvalue weighted by molar-refractivity contribution is 6.44. The van der Waals surface area contributed by atoms with E-state index in [1.807, 2.05) is 37.3 Å². The second-order valence-corrected chi connectivity index (χ2v) is 7.63. The van der Waals surface area contributed by atoms with Gasteiger partial charge in [-0.05, 0) is 37.1 Å². The fourth-order valence-electron chi connectivity index (χ4n) is 3.54. The van der Waals surface area contributed by atoms with Crippen LogP contribution in [0.4, 0.5) is 10.2 Å². The number of halogens is 2. The van der Waals surface area contributed by atoms with E-state index in [9.17, 15) is 14.3 Å². The summed E-state index contributed by atoms with van der Waals surface area (Å²) in [5.41, 5.74) is 7.78. The first-order valence-corrected chi connectivity index (χ1v) is 10.1. The van der Waals surface area contributed by atoms with Gasteiger partial charge in [-0.1, -0.05) is 48.5 Å². The molecule has 0 aliphatic heterocycles. The van der Waals surface area contributed by atoms with E-state index in [0.717, 1.165) is 5.56 Å². The number of aromatic nitrogens is 1. The quantitative estimate of drug-likeness (QED) is 0.471. The van der Waals surface area contributed by atoms with Gasteiger partial charge in [-0.3, -0.25) is 0 Å². The monoisotopic (exact) mass is 455 g/mol. The van der Waals surface area contributed by atoms with Gasteiger partial charge in [0, 0.05) is 11.8 Å². The maximum Gasteiger partial charge on any atom is 0.355 e. The van der Waals surface area contributed by atoms with Crippen LogP contribution in [0.1, 0.15) is 35.2 Å². The Kier molecular flexibility index (Phi) is 6.69. The van der Waals surface area contributed by atoms with Gasteiger partial charge in [-0.15, -0.1) is 0 Å². The van der Waals surface area contributed by atoms with Crippen molar-refractivity contribution in [3.63, 3.8) is 0 Å². The minimum absolute atomic E-state index is 0.0293. The summed E-state index contributed by atoms with van der Waals surface area (Å²) in [6.07, 6.45) is 1.77. The molecule has 1 heterocycles. The smallest absolute Gasteiger partial charge is 0.355 e. The average Bonchev–Trinajstić information content (AvgIpc) is 3.06. The van der Waals surface area contributed by atoms with Crippen molar-refractivity contribution in [2.24, 2.45) is 4.99 Å². The molecule has 6 nitrogen and oxygen atoms in total. The zero-order valence-electron chi connectivity index (χ0n) is 17.9. The third-order valence-electron chi connectivity index (χ3n) is 5.21. The van der Waals surface area contributed by atoms with Crippen molar-refractivity contribution >= 4 is 34.8 Å². The van der Waals surface area contributed by atoms with Crippen LogP contribution >= 0.6 is 11.6 Å². The summed E-state index contributed by atoms with van der Waals surface area (Å²) in [4.78, 5) is 16.2. The average molecular weight is 456 g/mol. The predicted octanol–water partition coefficient (Wildman–Crippen LogP) is 5.33. The second kappa shape index (κ2) is 9.28. The molecule has 1 atom stereocenters. The van der Waals surface area contributed by atoms with Crippen molar-refractivity contribution < 1.29 is 19.0 Å². The van der Waals surface area contributed by atoms with E-state index in [4.69, 9.17) is 22.1 Å². The standard InChI is InChI=1S/C24H23ClFN3O3/c1-13-12-29(15(3)16-8-6-5-7-9-16)23(27)19(13)21(24(30)31)28-14(2)17-10-11-18(25)22(32-4)20(17)26/h5-12,15H,2,27H2,1,3-4H3,(H,30,31). The van der Waals surface area contributed by atoms with Gasteiger partial charge in [0.05, 0.1) is 29.4 Å². The Morgan fingerprint density at radius 1 is 1.28 bits per heavy atom. The van der Waals surface area contributed by atoms with Crippen LogP contribution in [0.3, 0.4) is 0 Å². The van der Waals surface area contributed by atoms with Crippen molar-refractivity contribution in [1.29, 1.82) is 0 Å². The fraction of sp³-hybridized carbons (Fsp3) is 0.167. The third kappa shape index (κ3) is 4.24. The molecule has 8 heteroatoms. The Balaban J connectivity index is 2.09. The fourth-order valence-corrected chi connectivity index (χ4v) is 3.77. The third-order valence-corrected chi connectivity index (χ3v) is 5.51. The minimum Gasteiger partial charge on any atom is -0.492 e. The highest BCUT2D eigenvalue weighted by Gasteiger charge is 2.25. The molecule has 0 saturated heterocycles. The number of nitrogens with two attached hydrogens (primary N) is 1. The van der Waals surface area contributed by atoms with Gasteiger partial charge in [0.1, 0.15) is 5.82 Å². The van der Waals surface area contributed by atoms with Gasteiger partial charge in [0.25, 0.3) is 0 Å². The van der Waals surface area contributed by atoms with Crippen LogP contribution in [0.5, 0.6) is 5.75 Å². The number of hydrogen-bond donors (Lipinski definition) is 2. The number of aliphatic imine (C=N–C) groups is 1. The number of rotatable bonds is 7. The topological polar surface area (TPSA) is 89.8 Å². The number of ether oxygens (including phenoxy) is 1. The number of aliphatic carboxylic acids is 1. The number of nitrogens with zero attached hydrogens (tertiary/aromatic N) is 2. The molecule has 1 aromatic heterocycles. The SMILES string of the molecule is C=C(N=C(C(=O)O)c1c(C)cn(C(C)c2ccccc2)c1N)c1ccc(Cl)c(OC)c1F. The molecule has 2 aromatic carbocycles. The van der Waals surface area contributed by atoms with Crippen LogP contribution in [0.15, 0.2) is 60.2 Å². The number of carbonyl (C=O) groups is 1. The number of methoxy groups -OCH3 is 1. The zero-order valence-corrected chi connectivity index (χ0v) is 18.7. The summed E-state index contributed by atoms with van der Waals surface area (Å²) in [5, 5.41) is 9.95. The Morgan fingerprint density at radius 2 is 1.94 bits per heavy atom. The largest absolute Gasteiger partial charge is 0.492 e. The summed E-state index contributed by atoms with van der Waals surface area (Å²) < 4.78 is 21.5. The summed E-state index contributed by atoms with van der Waals surface area (Å²) in [6.45, 7) is 7.45. The number of benzene rings is 2. The van der Waals surface area contributed by atoms with Crippen LogP contribution in [-0.4, -0.2) is 28.5 Å². The lowest BCUT2D eigenvalue weighted by Gasteiger charge is -2.16. The lowest BCUT2D eigenvalue weighted by atomic mass is 10.1. The Bertz CT molecular complexity index is 1220. The number of aryl methyl sites for hydroxylation is 1. The van der Waals surface area contributed by atoms with Crippen molar-refractivity contribution in [3.8, 4) is 5.75 Å². The predicted molar refractivity (Wildman–Crippen MR) is 125 cm³/mol. The van der Waals surface area contributed by atoms with Crippen molar-refractivity contribution in [2.75, 3.05) is 12.8 Å². The van der Waals surface area contributed by atoms with Crippen LogP contribution in [-0.2, 0) is 4.79 Å². The molecule has 0 saturated carbocycles. The van der Waals surface area contributed by atoms with E-state index in [2.05, 4.69) is 11.6 Å². The second-order valence-electron chi connectivity index (χ2n) is 7.22. The molecule has 0 aliphatic carbocycles. The number of anilines is 1. The van der Waals surface area contributed by atoms with Crippen LogP contribution in [0.25, 0.3) is 5.70 Å². The summed E-state index contributed by atoms with van der Waals surface area (Å²) in [5.74, 6) is -2.02. The van der Waals surface area contributed by atoms with Gasteiger partial charge in [0.2, 0.25) is 0 Å². The normalized spacial score (nSPS) is 12.5. The van der Waals surface area contributed by atoms with Gasteiger partial charge in [0.15, 0.2) is 17.3 Å². The highest BCUT2D eigenvalue weighted by Crippen LogP contribution is 2.34. The molecule has 0 spiro atoms. The van der Waals surface area contributed by atoms with Gasteiger partial charge < -0.3 is 20.1 Å². The molecule has 3 rings (SSSR count). The van der Waals surface area contributed by atoms with Gasteiger partial charge in [-0.2, -0.15) is 0 Å². The zero-order chi connectivity index (χ0) is 23.6. The first kappa shape index (κ1) is 23.1. The number of carboxylic acid groups (broad SMARTS) is 1. The Labute approximate surface area is 190 Å². The molecule has 3 aromatic rings. The summed E-state index contributed by atoms with van der Waals surface area (Å²) in [7, 11) is 1.28. The van der Waals surface area contributed by atoms with E-state index in [1.54, 1.807) is 17.7 Å². The summed E-state index contributed by atoms with van der Waals surface area (Å²) in [6, 6.07) is 12.3. The van der Waals surface area contributed by atoms with Crippen LogP contribution in [0.2, 0.25) is 5.02 Å². The molecule has 32 heavy (non-hydrogen) atoms. The maximum atomic E-state index is 14.8. The maximum absolute atomic E-state index is 14.8. The molecule has 0 amide bonds. The molecule has 0 radical (unpaired) electrons. The molecular formula is C24H23ClFN3O3. The first-order chi connectivity index (χ1) is 15.2. The van der Waals surface area contributed by atoms with E-state index in [1.165, 1.54) is 19.2 Å². The Hall–Kier alpha value is -3.58. The molecule has 3 N–H and O–H groups in total. The number of hydrogen-bond acceptors (Lipinski definition) is 4. The lowest BCUT2D eigenvalue weighted by Crippen LogP contribution is -2.18. The van der Waals surface area contributed by atoms with Crippen molar-refractivity contribution in [1.82, 2.24) is 4.57 Å². The van der Waals surface area contributed by atoms with Crippen LogP contribution in [0, 0.1) is 12.7 Å². The van der Waals surface area contributed by atoms with Gasteiger partial charge >= 0.3 is 5.97 Å². The first-order valence-electron chi connectivity index (χ1n) is 9.72. The summed E-state index contributed by atoms with van der Waals surface area (Å²) >= 11 is 5.94.